The van der Waals surface area contributed by atoms with Crippen LogP contribution in [-0.4, -0.2) is 18.7 Å². The summed E-state index contributed by atoms with van der Waals surface area (Å²) in [6.07, 6.45) is -2.51. The predicted octanol–water partition coefficient (Wildman–Crippen LogP) is 4.25. The monoisotopic (exact) mass is 301 g/mol. The first-order valence-corrected chi connectivity index (χ1v) is 7.32. The summed E-state index contributed by atoms with van der Waals surface area (Å²) < 4.78 is 43.8. The summed E-state index contributed by atoms with van der Waals surface area (Å²) in [6.45, 7) is 7.23. The Morgan fingerprint density at radius 1 is 1.33 bits per heavy atom. The first-order valence-electron chi connectivity index (χ1n) is 7.32. The van der Waals surface area contributed by atoms with Crippen molar-refractivity contribution < 1.29 is 17.9 Å². The fourth-order valence-electron chi connectivity index (χ4n) is 2.66. The Morgan fingerprint density at radius 2 is 2.05 bits per heavy atom. The molecule has 2 nitrogen and oxygen atoms in total. The van der Waals surface area contributed by atoms with Crippen LogP contribution in [0.2, 0.25) is 0 Å². The maximum absolute atomic E-state index is 12.7. The number of hydrogen-bond donors (Lipinski definition) is 1. The molecule has 5 heteroatoms. The first kappa shape index (κ1) is 16.1. The molecule has 1 N–H and O–H groups in total. The van der Waals surface area contributed by atoms with Gasteiger partial charge in [0.1, 0.15) is 11.9 Å². The zero-order chi connectivity index (χ0) is 15.7. The second-order valence-electron chi connectivity index (χ2n) is 6.20. The van der Waals surface area contributed by atoms with Crippen molar-refractivity contribution in [2.45, 2.75) is 51.9 Å². The molecule has 0 amide bonds. The molecule has 1 saturated carbocycles. The van der Waals surface area contributed by atoms with E-state index < -0.39 is 11.7 Å². The van der Waals surface area contributed by atoms with Crippen LogP contribution in [0.25, 0.3) is 0 Å². The molecule has 0 saturated heterocycles. The van der Waals surface area contributed by atoms with Crippen molar-refractivity contribution in [1.82, 2.24) is 5.32 Å². The molecule has 118 valence electrons. The molecule has 1 fully saturated rings. The molecule has 2 rings (SSSR count). The summed E-state index contributed by atoms with van der Waals surface area (Å²) in [6, 6.07) is 5.45. The van der Waals surface area contributed by atoms with Gasteiger partial charge in [-0.1, -0.05) is 26.8 Å². The van der Waals surface area contributed by atoms with E-state index in [0.717, 1.165) is 31.5 Å². The molecule has 0 spiro atoms. The number of halogens is 3. The van der Waals surface area contributed by atoms with Crippen molar-refractivity contribution in [3.05, 3.63) is 29.8 Å². The molecule has 1 aliphatic rings. The zero-order valence-electron chi connectivity index (χ0n) is 12.6. The van der Waals surface area contributed by atoms with Gasteiger partial charge in [-0.2, -0.15) is 13.2 Å². The molecule has 1 aromatic carbocycles. The third-order valence-corrected chi connectivity index (χ3v) is 4.26. The van der Waals surface area contributed by atoms with E-state index in [0.29, 0.717) is 6.04 Å². The van der Waals surface area contributed by atoms with Crippen molar-refractivity contribution in [2.24, 2.45) is 5.41 Å². The Bertz CT molecular complexity index is 485. The molecule has 0 aromatic heterocycles. The highest BCUT2D eigenvalue weighted by atomic mass is 19.4. The van der Waals surface area contributed by atoms with E-state index >= 15 is 0 Å². The molecular weight excluding hydrogens is 279 g/mol. The molecule has 0 aliphatic heterocycles. The Labute approximate surface area is 123 Å². The minimum atomic E-state index is -4.33. The van der Waals surface area contributed by atoms with Gasteiger partial charge in [-0.3, -0.25) is 0 Å². The Hall–Kier alpha value is -1.23. The maximum atomic E-state index is 12.7. The lowest BCUT2D eigenvalue weighted by atomic mass is 9.64. The normalized spacial score (nSPS) is 24.5. The van der Waals surface area contributed by atoms with Crippen LogP contribution in [0.3, 0.4) is 0 Å². The van der Waals surface area contributed by atoms with Gasteiger partial charge in [-0.15, -0.1) is 0 Å². The highest BCUT2D eigenvalue weighted by Gasteiger charge is 2.49. The van der Waals surface area contributed by atoms with E-state index in [-0.39, 0.29) is 17.3 Å². The minimum absolute atomic E-state index is 0.0599. The van der Waals surface area contributed by atoms with Crippen LogP contribution in [-0.2, 0) is 6.18 Å². The number of ether oxygens (including phenoxy) is 1. The number of rotatable bonds is 5. The van der Waals surface area contributed by atoms with Gasteiger partial charge in [0.05, 0.1) is 5.56 Å². The van der Waals surface area contributed by atoms with Gasteiger partial charge in [0.15, 0.2) is 0 Å². The van der Waals surface area contributed by atoms with Gasteiger partial charge in [-0.25, -0.2) is 0 Å². The third-order valence-electron chi connectivity index (χ3n) is 4.26. The maximum Gasteiger partial charge on any atom is 0.416 e. The molecular formula is C16H22F3NO. The van der Waals surface area contributed by atoms with Crippen molar-refractivity contribution in [3.8, 4) is 5.75 Å². The topological polar surface area (TPSA) is 21.3 Å². The number of nitrogens with one attached hydrogen (secondary N) is 1. The fraction of sp³-hybridized carbons (Fsp3) is 0.625. The number of alkyl halides is 3. The van der Waals surface area contributed by atoms with Crippen LogP contribution >= 0.6 is 0 Å². The minimum Gasteiger partial charge on any atom is -0.490 e. The van der Waals surface area contributed by atoms with Crippen molar-refractivity contribution in [2.75, 3.05) is 6.54 Å². The van der Waals surface area contributed by atoms with E-state index in [4.69, 9.17) is 4.74 Å². The summed E-state index contributed by atoms with van der Waals surface area (Å²) in [5, 5.41) is 3.45. The summed E-state index contributed by atoms with van der Waals surface area (Å²) in [7, 11) is 0. The van der Waals surface area contributed by atoms with E-state index in [2.05, 4.69) is 26.1 Å². The largest absolute Gasteiger partial charge is 0.490 e. The van der Waals surface area contributed by atoms with Crippen LogP contribution in [0.5, 0.6) is 5.75 Å². The Morgan fingerprint density at radius 3 is 2.62 bits per heavy atom. The van der Waals surface area contributed by atoms with Crippen LogP contribution < -0.4 is 10.1 Å². The lowest BCUT2D eigenvalue weighted by molar-refractivity contribution is -0.137. The van der Waals surface area contributed by atoms with Crippen molar-refractivity contribution in [3.63, 3.8) is 0 Å². The Balaban J connectivity index is 2.00. The molecule has 2 atom stereocenters. The molecule has 21 heavy (non-hydrogen) atoms. The van der Waals surface area contributed by atoms with Gasteiger partial charge in [-0.05, 0) is 31.2 Å². The first-order chi connectivity index (χ1) is 9.75. The van der Waals surface area contributed by atoms with Gasteiger partial charge in [0, 0.05) is 17.9 Å². The predicted molar refractivity (Wildman–Crippen MR) is 76.3 cm³/mol. The second kappa shape index (κ2) is 5.87. The molecule has 1 aliphatic carbocycles. The van der Waals surface area contributed by atoms with Crippen molar-refractivity contribution >= 4 is 0 Å². The zero-order valence-corrected chi connectivity index (χ0v) is 12.6. The van der Waals surface area contributed by atoms with Crippen LogP contribution in [0.1, 0.15) is 39.2 Å². The van der Waals surface area contributed by atoms with Crippen LogP contribution in [0, 0.1) is 5.41 Å². The van der Waals surface area contributed by atoms with Gasteiger partial charge < -0.3 is 10.1 Å². The SMILES string of the molecule is CCCNC1CC(Oc2cccc(C(F)(F)F)c2)C1(C)C. The Kier molecular flexibility index (Phi) is 4.51. The van der Waals surface area contributed by atoms with Crippen molar-refractivity contribution in [1.29, 1.82) is 0 Å². The molecule has 1 aromatic rings. The lowest BCUT2D eigenvalue weighted by Gasteiger charge is -2.51. The smallest absolute Gasteiger partial charge is 0.416 e. The van der Waals surface area contributed by atoms with E-state index in [1.54, 1.807) is 6.07 Å². The van der Waals surface area contributed by atoms with E-state index in [9.17, 15) is 13.2 Å². The lowest BCUT2D eigenvalue weighted by Crippen LogP contribution is -2.62. The standard InChI is InChI=1S/C16H22F3NO/c1-4-8-20-13-10-14(15(13,2)3)21-12-7-5-6-11(9-12)16(17,18)19/h5-7,9,13-14,20H,4,8,10H2,1-3H3. The highest BCUT2D eigenvalue weighted by molar-refractivity contribution is 5.31. The quantitative estimate of drug-likeness (QED) is 0.878. The summed E-state index contributed by atoms with van der Waals surface area (Å²) >= 11 is 0. The molecule has 0 radical (unpaired) electrons. The second-order valence-corrected chi connectivity index (χ2v) is 6.20. The van der Waals surface area contributed by atoms with E-state index in [1.807, 2.05) is 0 Å². The third kappa shape index (κ3) is 3.51. The summed E-state index contributed by atoms with van der Waals surface area (Å²) in [4.78, 5) is 0. The van der Waals surface area contributed by atoms with Gasteiger partial charge >= 0.3 is 6.18 Å². The summed E-state index contributed by atoms with van der Waals surface area (Å²) in [5.74, 6) is 0.289. The number of hydrogen-bond acceptors (Lipinski definition) is 2. The van der Waals surface area contributed by atoms with Crippen LogP contribution in [0.15, 0.2) is 24.3 Å². The molecule has 0 heterocycles. The number of benzene rings is 1. The average molecular weight is 301 g/mol. The van der Waals surface area contributed by atoms with Gasteiger partial charge in [0.25, 0.3) is 0 Å². The molecule has 0 bridgehead atoms. The fourth-order valence-corrected chi connectivity index (χ4v) is 2.66. The van der Waals surface area contributed by atoms with Crippen LogP contribution in [0.4, 0.5) is 13.2 Å². The highest BCUT2D eigenvalue weighted by Crippen LogP contribution is 2.43. The average Bonchev–Trinajstić information content (AvgIpc) is 2.41. The molecule has 2 unspecified atom stereocenters. The van der Waals surface area contributed by atoms with Gasteiger partial charge in [0.2, 0.25) is 0 Å². The summed E-state index contributed by atoms with van der Waals surface area (Å²) in [5.41, 5.74) is -0.749. The van der Waals surface area contributed by atoms with E-state index in [1.165, 1.54) is 6.07 Å².